The van der Waals surface area contributed by atoms with Crippen LogP contribution >= 0.6 is 0 Å². The summed E-state index contributed by atoms with van der Waals surface area (Å²) >= 11 is 0. The van der Waals surface area contributed by atoms with E-state index in [1.165, 1.54) is 11.0 Å². The van der Waals surface area contributed by atoms with E-state index in [-0.39, 0.29) is 18.4 Å². The number of nitrogens with one attached hydrogen (secondary N) is 2. The van der Waals surface area contributed by atoms with Gasteiger partial charge in [-0.05, 0) is 69.6 Å². The predicted octanol–water partition coefficient (Wildman–Crippen LogP) is 2.34. The Morgan fingerprint density at radius 2 is 1.92 bits per heavy atom. The molecule has 36 heavy (non-hydrogen) atoms. The third-order valence-corrected chi connectivity index (χ3v) is 5.90. The molecule has 3 amide bonds. The van der Waals surface area contributed by atoms with Gasteiger partial charge in [-0.1, -0.05) is 18.2 Å². The zero-order valence-electron chi connectivity index (χ0n) is 21.5. The largest absolute Gasteiger partial charge is 0.365 e. The van der Waals surface area contributed by atoms with E-state index >= 15 is 0 Å². The molecule has 0 bridgehead atoms. The fraction of sp³-hybridized carbons (Fsp3) is 0.407. The minimum atomic E-state index is -0.522. The summed E-state index contributed by atoms with van der Waals surface area (Å²) < 4.78 is 0. The molecule has 9 heteroatoms. The van der Waals surface area contributed by atoms with E-state index in [0.29, 0.717) is 36.8 Å². The van der Waals surface area contributed by atoms with Crippen LogP contribution < -0.4 is 16.4 Å². The Labute approximate surface area is 212 Å². The van der Waals surface area contributed by atoms with Gasteiger partial charge in [0.1, 0.15) is 5.82 Å². The van der Waals surface area contributed by atoms with Crippen molar-refractivity contribution in [2.45, 2.75) is 32.1 Å². The van der Waals surface area contributed by atoms with Crippen molar-refractivity contribution in [3.05, 3.63) is 64.9 Å². The second-order valence-corrected chi connectivity index (χ2v) is 9.51. The van der Waals surface area contributed by atoms with Crippen molar-refractivity contribution in [1.29, 1.82) is 0 Å². The number of carbonyl (C=O) groups excluding carboxylic acids is 3. The molecule has 0 atom stereocenters. The van der Waals surface area contributed by atoms with Crippen molar-refractivity contribution in [2.24, 2.45) is 5.73 Å². The van der Waals surface area contributed by atoms with Gasteiger partial charge in [0.25, 0.3) is 5.91 Å². The summed E-state index contributed by atoms with van der Waals surface area (Å²) in [4.78, 5) is 44.4. The van der Waals surface area contributed by atoms with E-state index in [4.69, 9.17) is 10.7 Å². The average Bonchev–Trinajstić information content (AvgIpc) is 3.65. The van der Waals surface area contributed by atoms with Crippen LogP contribution in [-0.2, 0) is 16.0 Å². The van der Waals surface area contributed by atoms with Gasteiger partial charge in [-0.2, -0.15) is 0 Å². The molecular formula is C27H36N6O3. The highest BCUT2D eigenvalue weighted by atomic mass is 16.2. The molecule has 0 unspecified atom stereocenters. The molecular weight excluding hydrogens is 456 g/mol. The van der Waals surface area contributed by atoms with E-state index in [0.717, 1.165) is 35.3 Å². The van der Waals surface area contributed by atoms with Crippen molar-refractivity contribution in [1.82, 2.24) is 20.1 Å². The molecule has 3 rings (SSSR count). The maximum atomic E-state index is 12.3. The SMILES string of the molecule is Cc1cc(C(N)=O)c(Nc2cccc(CCNC(=O)CN(C)C(=O)/C=C/CN(C)C)c2)nc1C1CC1. The molecule has 1 aromatic carbocycles. The number of aromatic nitrogens is 1. The highest BCUT2D eigenvalue weighted by Crippen LogP contribution is 2.41. The number of hydrogen-bond donors (Lipinski definition) is 3. The Morgan fingerprint density at radius 1 is 1.17 bits per heavy atom. The normalized spacial score (nSPS) is 13.1. The number of primary amides is 1. The number of nitrogens with zero attached hydrogens (tertiary/aromatic N) is 3. The topological polar surface area (TPSA) is 121 Å². The number of nitrogens with two attached hydrogens (primary N) is 1. The van der Waals surface area contributed by atoms with Gasteiger partial charge in [0.2, 0.25) is 11.8 Å². The maximum absolute atomic E-state index is 12.3. The van der Waals surface area contributed by atoms with Crippen LogP contribution in [0.25, 0.3) is 0 Å². The first-order valence-electron chi connectivity index (χ1n) is 12.1. The Bertz CT molecular complexity index is 1140. The van der Waals surface area contributed by atoms with E-state index < -0.39 is 5.91 Å². The lowest BCUT2D eigenvalue weighted by Gasteiger charge is -2.15. The van der Waals surface area contributed by atoms with Crippen molar-refractivity contribution in [3.63, 3.8) is 0 Å². The number of anilines is 2. The minimum absolute atomic E-state index is 0.00888. The van der Waals surface area contributed by atoms with Gasteiger partial charge >= 0.3 is 0 Å². The molecule has 192 valence electrons. The van der Waals surface area contributed by atoms with E-state index in [9.17, 15) is 14.4 Å². The zero-order valence-corrected chi connectivity index (χ0v) is 21.5. The molecule has 0 aliphatic heterocycles. The fourth-order valence-corrected chi connectivity index (χ4v) is 3.81. The van der Waals surface area contributed by atoms with Crippen molar-refractivity contribution in [3.8, 4) is 0 Å². The lowest BCUT2D eigenvalue weighted by molar-refractivity contribution is -0.131. The molecule has 4 N–H and O–H groups in total. The number of hydrogen-bond acceptors (Lipinski definition) is 6. The predicted molar refractivity (Wildman–Crippen MR) is 141 cm³/mol. The molecule has 1 aliphatic carbocycles. The van der Waals surface area contributed by atoms with E-state index in [1.54, 1.807) is 13.1 Å². The van der Waals surface area contributed by atoms with E-state index in [1.807, 2.05) is 56.3 Å². The number of benzene rings is 1. The molecule has 2 aromatic rings. The minimum Gasteiger partial charge on any atom is -0.365 e. The van der Waals surface area contributed by atoms with Crippen LogP contribution in [0.3, 0.4) is 0 Å². The summed E-state index contributed by atoms with van der Waals surface area (Å²) in [7, 11) is 5.44. The van der Waals surface area contributed by atoms with Gasteiger partial charge < -0.3 is 26.2 Å². The first-order chi connectivity index (χ1) is 17.1. The molecule has 0 radical (unpaired) electrons. The van der Waals surface area contributed by atoms with Crippen molar-refractivity contribution < 1.29 is 14.4 Å². The highest BCUT2D eigenvalue weighted by molar-refractivity contribution is 5.98. The zero-order chi connectivity index (χ0) is 26.2. The molecule has 1 aliphatic rings. The number of rotatable bonds is 12. The average molecular weight is 493 g/mol. The second-order valence-electron chi connectivity index (χ2n) is 9.51. The van der Waals surface area contributed by atoms with Gasteiger partial charge in [-0.15, -0.1) is 0 Å². The number of aryl methyl sites for hydroxylation is 1. The van der Waals surface area contributed by atoms with Crippen LogP contribution in [0.2, 0.25) is 0 Å². The third kappa shape index (κ3) is 7.91. The number of amides is 3. The summed E-state index contributed by atoms with van der Waals surface area (Å²) in [6.45, 7) is 3.04. The quantitative estimate of drug-likeness (QED) is 0.391. The molecule has 0 saturated heterocycles. The summed E-state index contributed by atoms with van der Waals surface area (Å²) in [6, 6.07) is 9.54. The second kappa shape index (κ2) is 12.3. The van der Waals surface area contributed by atoms with Crippen molar-refractivity contribution in [2.75, 3.05) is 46.1 Å². The summed E-state index contributed by atoms with van der Waals surface area (Å²) in [5.41, 5.74) is 9.76. The number of likely N-dealkylation sites (N-methyl/N-ethyl adjacent to an activating group) is 2. The first kappa shape index (κ1) is 26.9. The van der Waals surface area contributed by atoms with Crippen LogP contribution in [0.4, 0.5) is 11.5 Å². The Morgan fingerprint density at radius 3 is 2.58 bits per heavy atom. The summed E-state index contributed by atoms with van der Waals surface area (Å²) in [6.07, 6.45) is 6.08. The maximum Gasteiger partial charge on any atom is 0.252 e. The Balaban J connectivity index is 1.55. The van der Waals surface area contributed by atoms with Gasteiger partial charge in [-0.25, -0.2) is 4.98 Å². The van der Waals surface area contributed by atoms with Gasteiger partial charge in [0.05, 0.1) is 12.1 Å². The van der Waals surface area contributed by atoms with Crippen molar-refractivity contribution >= 4 is 29.2 Å². The van der Waals surface area contributed by atoms with Crippen LogP contribution in [-0.4, -0.2) is 73.3 Å². The number of pyridine rings is 1. The Kier molecular flexibility index (Phi) is 9.19. The molecule has 9 nitrogen and oxygen atoms in total. The summed E-state index contributed by atoms with van der Waals surface area (Å²) in [5, 5.41) is 6.11. The smallest absolute Gasteiger partial charge is 0.252 e. The van der Waals surface area contributed by atoms with E-state index in [2.05, 4.69) is 10.6 Å². The molecule has 1 saturated carbocycles. The lowest BCUT2D eigenvalue weighted by Crippen LogP contribution is -2.38. The van der Waals surface area contributed by atoms with Gasteiger partial charge in [0.15, 0.2) is 0 Å². The highest BCUT2D eigenvalue weighted by Gasteiger charge is 2.28. The Hall–Kier alpha value is -3.72. The molecule has 0 spiro atoms. The van der Waals surface area contributed by atoms with Crippen LogP contribution in [0.1, 0.15) is 45.9 Å². The third-order valence-electron chi connectivity index (χ3n) is 5.90. The lowest BCUT2D eigenvalue weighted by atomic mass is 10.1. The first-order valence-corrected chi connectivity index (χ1v) is 12.1. The summed E-state index contributed by atoms with van der Waals surface area (Å²) in [5.74, 6) is -0.0380. The van der Waals surface area contributed by atoms with Crippen LogP contribution in [0.15, 0.2) is 42.5 Å². The molecule has 1 aromatic heterocycles. The fourth-order valence-electron chi connectivity index (χ4n) is 3.81. The van der Waals surface area contributed by atoms with Gasteiger partial charge in [0, 0.05) is 43.5 Å². The number of carbonyl (C=O) groups is 3. The van der Waals surface area contributed by atoms with Gasteiger partial charge in [-0.3, -0.25) is 14.4 Å². The van der Waals surface area contributed by atoms with Crippen LogP contribution in [0.5, 0.6) is 0 Å². The standard InChI is InChI=1S/C27H36N6O3/c1-18-15-22(26(28)36)27(31-25(18)20-10-11-20)30-21-8-5-7-19(16-21)12-13-29-23(34)17-33(4)24(35)9-6-14-32(2)3/h5-9,15-16,20H,10-14,17H2,1-4H3,(H2,28,36)(H,29,34)(H,30,31)/b9-6+. The monoisotopic (exact) mass is 492 g/mol. The molecule has 1 heterocycles. The molecule has 1 fully saturated rings. The van der Waals surface area contributed by atoms with Crippen LogP contribution in [0, 0.1) is 6.92 Å².